The van der Waals surface area contributed by atoms with Crippen molar-refractivity contribution < 1.29 is 9.13 Å². The van der Waals surface area contributed by atoms with E-state index >= 15 is 0 Å². The first-order valence-electron chi connectivity index (χ1n) is 5.08. The van der Waals surface area contributed by atoms with Crippen LogP contribution in [0.25, 0.3) is 0 Å². The van der Waals surface area contributed by atoms with Gasteiger partial charge in [-0.15, -0.1) is 0 Å². The fourth-order valence-corrected chi connectivity index (χ4v) is 2.00. The summed E-state index contributed by atoms with van der Waals surface area (Å²) in [5.74, 6) is 0.0491. The van der Waals surface area contributed by atoms with Crippen molar-refractivity contribution in [2.45, 2.75) is 18.9 Å². The molecule has 0 saturated carbocycles. The van der Waals surface area contributed by atoms with E-state index < -0.39 is 0 Å². The van der Waals surface area contributed by atoms with Gasteiger partial charge in [0, 0.05) is 4.47 Å². The lowest BCUT2D eigenvalue weighted by atomic mass is 10.1. The molecule has 0 radical (unpaired) electrons. The number of ether oxygens (including phenoxy) is 1. The molecule has 1 saturated heterocycles. The van der Waals surface area contributed by atoms with E-state index in [1.807, 2.05) is 0 Å². The molecule has 1 N–H and O–H groups in total. The average molecular weight is 274 g/mol. The maximum Gasteiger partial charge on any atom is 0.166 e. The van der Waals surface area contributed by atoms with Gasteiger partial charge in [-0.05, 0) is 44.1 Å². The van der Waals surface area contributed by atoms with E-state index in [4.69, 9.17) is 4.74 Å². The minimum absolute atomic E-state index is 0.141. The van der Waals surface area contributed by atoms with Gasteiger partial charge in [0.25, 0.3) is 0 Å². The molecule has 0 bridgehead atoms. The molecule has 2 rings (SSSR count). The third kappa shape index (κ3) is 2.92. The molecule has 82 valence electrons. The zero-order valence-electron chi connectivity index (χ0n) is 8.30. The summed E-state index contributed by atoms with van der Waals surface area (Å²) < 4.78 is 19.8. The van der Waals surface area contributed by atoms with E-state index in [1.165, 1.54) is 6.07 Å². The van der Waals surface area contributed by atoms with Crippen LogP contribution in [0, 0.1) is 5.82 Å². The van der Waals surface area contributed by atoms with Crippen molar-refractivity contribution in [2.75, 3.05) is 13.1 Å². The van der Waals surface area contributed by atoms with Crippen molar-refractivity contribution in [3.05, 3.63) is 28.5 Å². The Hall–Kier alpha value is -0.610. The van der Waals surface area contributed by atoms with Crippen LogP contribution >= 0.6 is 15.9 Å². The van der Waals surface area contributed by atoms with Crippen molar-refractivity contribution in [1.82, 2.24) is 5.32 Å². The maximum absolute atomic E-state index is 13.4. The monoisotopic (exact) mass is 273 g/mol. The Morgan fingerprint density at radius 3 is 2.73 bits per heavy atom. The molecule has 1 aliphatic rings. The number of hydrogen-bond acceptors (Lipinski definition) is 2. The molecule has 0 amide bonds. The molecule has 1 aliphatic heterocycles. The molecular weight excluding hydrogens is 261 g/mol. The molecule has 1 aromatic carbocycles. The first-order valence-corrected chi connectivity index (χ1v) is 5.87. The Labute approximate surface area is 96.9 Å². The Morgan fingerprint density at radius 1 is 1.33 bits per heavy atom. The van der Waals surface area contributed by atoms with Gasteiger partial charge in [-0.2, -0.15) is 0 Å². The zero-order chi connectivity index (χ0) is 10.7. The lowest BCUT2D eigenvalue weighted by Crippen LogP contribution is -2.34. The standard InChI is InChI=1S/C11H13BrFNO/c12-8-1-2-11(10(13)7-8)15-9-3-5-14-6-4-9/h1-2,7,9,14H,3-6H2. The summed E-state index contributed by atoms with van der Waals surface area (Å²) in [4.78, 5) is 0. The van der Waals surface area contributed by atoms with Gasteiger partial charge < -0.3 is 10.1 Å². The normalized spacial score (nSPS) is 17.7. The molecule has 0 spiro atoms. The predicted octanol–water partition coefficient (Wildman–Crippen LogP) is 2.72. The molecule has 4 heteroatoms. The predicted molar refractivity (Wildman–Crippen MR) is 60.6 cm³/mol. The largest absolute Gasteiger partial charge is 0.487 e. The van der Waals surface area contributed by atoms with Crippen LogP contribution < -0.4 is 10.1 Å². The molecule has 1 heterocycles. The van der Waals surface area contributed by atoms with E-state index in [0.717, 1.165) is 30.4 Å². The SMILES string of the molecule is Fc1cc(Br)ccc1OC1CCNCC1. The highest BCUT2D eigenvalue weighted by Crippen LogP contribution is 2.23. The van der Waals surface area contributed by atoms with Crippen LogP contribution in [0.15, 0.2) is 22.7 Å². The molecule has 0 atom stereocenters. The summed E-state index contributed by atoms with van der Waals surface area (Å²) in [5, 5.41) is 3.24. The minimum atomic E-state index is -0.303. The number of halogens is 2. The topological polar surface area (TPSA) is 21.3 Å². The van der Waals surface area contributed by atoms with Gasteiger partial charge >= 0.3 is 0 Å². The van der Waals surface area contributed by atoms with E-state index in [9.17, 15) is 4.39 Å². The zero-order valence-corrected chi connectivity index (χ0v) is 9.89. The van der Waals surface area contributed by atoms with Gasteiger partial charge in [0.2, 0.25) is 0 Å². The minimum Gasteiger partial charge on any atom is -0.487 e. The Balaban J connectivity index is 2.03. The number of benzene rings is 1. The molecule has 0 unspecified atom stereocenters. The second-order valence-electron chi connectivity index (χ2n) is 3.64. The Kier molecular flexibility index (Phi) is 3.59. The maximum atomic E-state index is 13.4. The Bertz CT molecular complexity index is 339. The second kappa shape index (κ2) is 4.94. The van der Waals surface area contributed by atoms with Crippen LogP contribution in [-0.4, -0.2) is 19.2 Å². The molecule has 0 aliphatic carbocycles. The van der Waals surface area contributed by atoms with Crippen molar-refractivity contribution in [3.8, 4) is 5.75 Å². The van der Waals surface area contributed by atoms with Crippen molar-refractivity contribution >= 4 is 15.9 Å². The van der Waals surface area contributed by atoms with E-state index in [1.54, 1.807) is 12.1 Å². The summed E-state index contributed by atoms with van der Waals surface area (Å²) in [6.45, 7) is 1.89. The van der Waals surface area contributed by atoms with Crippen molar-refractivity contribution in [3.63, 3.8) is 0 Å². The summed E-state index contributed by atoms with van der Waals surface area (Å²) in [6.07, 6.45) is 2.02. The lowest BCUT2D eigenvalue weighted by molar-refractivity contribution is 0.156. The van der Waals surface area contributed by atoms with Gasteiger partial charge in [0.1, 0.15) is 6.10 Å². The number of rotatable bonds is 2. The van der Waals surface area contributed by atoms with Gasteiger partial charge in [0.15, 0.2) is 11.6 Å². The third-order valence-electron chi connectivity index (χ3n) is 2.47. The van der Waals surface area contributed by atoms with E-state index in [0.29, 0.717) is 5.75 Å². The highest BCUT2D eigenvalue weighted by atomic mass is 79.9. The molecular formula is C11H13BrFNO. The van der Waals surface area contributed by atoms with Gasteiger partial charge in [0.05, 0.1) is 0 Å². The summed E-state index contributed by atoms with van der Waals surface area (Å²) in [6, 6.07) is 4.89. The van der Waals surface area contributed by atoms with E-state index in [2.05, 4.69) is 21.2 Å². The first kappa shape index (κ1) is 10.9. The highest BCUT2D eigenvalue weighted by molar-refractivity contribution is 9.10. The summed E-state index contributed by atoms with van der Waals surface area (Å²) in [5.41, 5.74) is 0. The van der Waals surface area contributed by atoms with Gasteiger partial charge in [-0.1, -0.05) is 15.9 Å². The number of hydrogen-bond donors (Lipinski definition) is 1. The molecule has 0 aromatic heterocycles. The molecule has 1 fully saturated rings. The second-order valence-corrected chi connectivity index (χ2v) is 4.56. The number of nitrogens with one attached hydrogen (secondary N) is 1. The third-order valence-corrected chi connectivity index (χ3v) is 2.97. The fraction of sp³-hybridized carbons (Fsp3) is 0.455. The van der Waals surface area contributed by atoms with Gasteiger partial charge in [-0.3, -0.25) is 0 Å². The quantitative estimate of drug-likeness (QED) is 0.895. The van der Waals surface area contributed by atoms with Crippen LogP contribution in [0.4, 0.5) is 4.39 Å². The van der Waals surface area contributed by atoms with Crippen LogP contribution in [0.1, 0.15) is 12.8 Å². The molecule has 15 heavy (non-hydrogen) atoms. The smallest absolute Gasteiger partial charge is 0.166 e. The first-order chi connectivity index (χ1) is 7.25. The molecule has 2 nitrogen and oxygen atoms in total. The van der Waals surface area contributed by atoms with Crippen LogP contribution in [0.3, 0.4) is 0 Å². The van der Waals surface area contributed by atoms with Gasteiger partial charge in [-0.25, -0.2) is 4.39 Å². The van der Waals surface area contributed by atoms with E-state index in [-0.39, 0.29) is 11.9 Å². The highest BCUT2D eigenvalue weighted by Gasteiger charge is 2.16. The van der Waals surface area contributed by atoms with Crippen molar-refractivity contribution in [2.24, 2.45) is 0 Å². The summed E-state index contributed by atoms with van der Waals surface area (Å²) >= 11 is 3.22. The van der Waals surface area contributed by atoms with Crippen LogP contribution in [0.2, 0.25) is 0 Å². The Morgan fingerprint density at radius 2 is 2.07 bits per heavy atom. The van der Waals surface area contributed by atoms with Crippen molar-refractivity contribution in [1.29, 1.82) is 0 Å². The van der Waals surface area contributed by atoms with Crippen LogP contribution in [-0.2, 0) is 0 Å². The number of piperidine rings is 1. The van der Waals surface area contributed by atoms with Crippen LogP contribution in [0.5, 0.6) is 5.75 Å². The average Bonchev–Trinajstić information content (AvgIpc) is 2.24. The summed E-state index contributed by atoms with van der Waals surface area (Å²) in [7, 11) is 0. The molecule has 1 aromatic rings. The fourth-order valence-electron chi connectivity index (χ4n) is 1.66. The lowest BCUT2D eigenvalue weighted by Gasteiger charge is -2.23.